The maximum atomic E-state index is 12.6. The van der Waals surface area contributed by atoms with Crippen LogP contribution in [0.1, 0.15) is 16.1 Å². The van der Waals surface area contributed by atoms with E-state index >= 15 is 0 Å². The summed E-state index contributed by atoms with van der Waals surface area (Å²) in [5.41, 5.74) is 0.681. The zero-order chi connectivity index (χ0) is 23.5. The number of thiophene rings is 1. The minimum Gasteiger partial charge on any atom is -0.457 e. The molecule has 1 aliphatic rings. The fraction of sp³-hybridized carbons (Fsp3) is 0.148. The molecular formula is C27H21NO5S. The summed E-state index contributed by atoms with van der Waals surface area (Å²) in [4.78, 5) is 39.2. The molecule has 0 unspecified atom stereocenters. The molecule has 1 aliphatic heterocycles. The van der Waals surface area contributed by atoms with Crippen LogP contribution in [0.2, 0.25) is 0 Å². The highest BCUT2D eigenvalue weighted by atomic mass is 32.1. The molecule has 0 N–H and O–H groups in total. The number of esters is 1. The van der Waals surface area contributed by atoms with Crippen LogP contribution in [-0.2, 0) is 14.3 Å². The molecule has 34 heavy (non-hydrogen) atoms. The van der Waals surface area contributed by atoms with E-state index in [2.05, 4.69) is 0 Å². The van der Waals surface area contributed by atoms with Gasteiger partial charge in [-0.3, -0.25) is 14.4 Å². The predicted octanol–water partition coefficient (Wildman–Crippen LogP) is 5.47. The number of fused-ring (bicyclic) bond motifs is 1. The molecule has 1 aromatic heterocycles. The van der Waals surface area contributed by atoms with Gasteiger partial charge in [0.2, 0.25) is 11.7 Å². The van der Waals surface area contributed by atoms with E-state index in [9.17, 15) is 14.4 Å². The number of anilines is 1. The van der Waals surface area contributed by atoms with Crippen molar-refractivity contribution in [3.63, 3.8) is 0 Å². The molecule has 0 radical (unpaired) electrons. The van der Waals surface area contributed by atoms with Gasteiger partial charge in [0.25, 0.3) is 0 Å². The van der Waals surface area contributed by atoms with Gasteiger partial charge in [-0.05, 0) is 47.2 Å². The van der Waals surface area contributed by atoms with Crippen molar-refractivity contribution >= 4 is 45.5 Å². The number of nitrogens with zero attached hydrogens (tertiary/aromatic N) is 1. The first kappa shape index (κ1) is 21.9. The zero-order valence-corrected chi connectivity index (χ0v) is 19.0. The van der Waals surface area contributed by atoms with Gasteiger partial charge in [0, 0.05) is 24.0 Å². The Kier molecular flexibility index (Phi) is 6.10. The molecule has 3 aromatic carbocycles. The van der Waals surface area contributed by atoms with E-state index in [1.54, 1.807) is 46.7 Å². The number of hydrogen-bond donors (Lipinski definition) is 0. The fourth-order valence-corrected chi connectivity index (χ4v) is 4.63. The Morgan fingerprint density at radius 2 is 1.74 bits per heavy atom. The molecular weight excluding hydrogens is 450 g/mol. The molecule has 1 atom stereocenters. The van der Waals surface area contributed by atoms with Crippen LogP contribution in [0.3, 0.4) is 0 Å². The molecule has 7 heteroatoms. The second kappa shape index (κ2) is 9.49. The van der Waals surface area contributed by atoms with E-state index in [0.717, 1.165) is 16.5 Å². The number of amides is 1. The van der Waals surface area contributed by atoms with Crippen molar-refractivity contribution < 1.29 is 23.9 Å². The summed E-state index contributed by atoms with van der Waals surface area (Å²) in [6.45, 7) is -0.0986. The van der Waals surface area contributed by atoms with Crippen LogP contribution < -0.4 is 9.64 Å². The first-order valence-electron chi connectivity index (χ1n) is 10.9. The number of ether oxygens (including phenoxy) is 2. The second-order valence-electron chi connectivity index (χ2n) is 7.99. The van der Waals surface area contributed by atoms with Gasteiger partial charge in [-0.2, -0.15) is 0 Å². The Balaban J connectivity index is 1.21. The van der Waals surface area contributed by atoms with Crippen molar-refractivity contribution in [1.82, 2.24) is 0 Å². The smallest absolute Gasteiger partial charge is 0.311 e. The quantitative estimate of drug-likeness (QED) is 0.264. The topological polar surface area (TPSA) is 72.9 Å². The van der Waals surface area contributed by atoms with Gasteiger partial charge in [0.05, 0.1) is 10.8 Å². The summed E-state index contributed by atoms with van der Waals surface area (Å²) in [7, 11) is 0. The van der Waals surface area contributed by atoms with Gasteiger partial charge >= 0.3 is 5.97 Å². The van der Waals surface area contributed by atoms with E-state index in [0.29, 0.717) is 16.3 Å². The van der Waals surface area contributed by atoms with Gasteiger partial charge < -0.3 is 14.4 Å². The lowest BCUT2D eigenvalue weighted by molar-refractivity contribution is -0.147. The van der Waals surface area contributed by atoms with Crippen LogP contribution in [0.4, 0.5) is 5.69 Å². The van der Waals surface area contributed by atoms with E-state index in [4.69, 9.17) is 9.47 Å². The third-order valence-corrected chi connectivity index (χ3v) is 6.64. The Morgan fingerprint density at radius 1 is 0.941 bits per heavy atom. The molecule has 0 spiro atoms. The number of rotatable bonds is 7. The molecule has 0 saturated carbocycles. The summed E-state index contributed by atoms with van der Waals surface area (Å²) < 4.78 is 11.3. The van der Waals surface area contributed by atoms with E-state index in [1.807, 2.05) is 42.5 Å². The van der Waals surface area contributed by atoms with Crippen molar-refractivity contribution in [3.8, 4) is 11.5 Å². The normalized spacial score (nSPS) is 15.5. The van der Waals surface area contributed by atoms with Gasteiger partial charge in [0.1, 0.15) is 11.5 Å². The summed E-state index contributed by atoms with van der Waals surface area (Å²) in [5.74, 6) is -0.134. The number of carbonyl (C=O) groups is 3. The maximum Gasteiger partial charge on any atom is 0.311 e. The molecule has 0 bridgehead atoms. The monoisotopic (exact) mass is 471 g/mol. The minimum absolute atomic E-state index is 0.0558. The van der Waals surface area contributed by atoms with Gasteiger partial charge in [-0.15, -0.1) is 11.3 Å². The molecule has 5 rings (SSSR count). The number of hydrogen-bond acceptors (Lipinski definition) is 6. The van der Waals surface area contributed by atoms with Gasteiger partial charge in [-0.25, -0.2) is 0 Å². The van der Waals surface area contributed by atoms with Gasteiger partial charge in [0.15, 0.2) is 6.61 Å². The first-order valence-corrected chi connectivity index (χ1v) is 11.8. The third-order valence-electron chi connectivity index (χ3n) is 5.73. The van der Waals surface area contributed by atoms with Crippen LogP contribution in [0.25, 0.3) is 10.8 Å². The number of benzene rings is 3. The lowest BCUT2D eigenvalue weighted by Crippen LogP contribution is -2.27. The molecule has 1 saturated heterocycles. The van der Waals surface area contributed by atoms with Crippen molar-refractivity contribution in [2.24, 2.45) is 5.92 Å². The van der Waals surface area contributed by atoms with Crippen molar-refractivity contribution in [1.29, 1.82) is 0 Å². The number of Topliss-reactive ketones (excluding diaryl/α,β-unsaturated/α-hetero) is 1. The first-order chi connectivity index (χ1) is 16.6. The molecule has 4 aromatic rings. The van der Waals surface area contributed by atoms with E-state index in [1.165, 1.54) is 11.3 Å². The average molecular weight is 472 g/mol. The number of carbonyl (C=O) groups excluding carboxylic acids is 3. The molecule has 2 heterocycles. The molecule has 1 fully saturated rings. The molecule has 170 valence electrons. The van der Waals surface area contributed by atoms with Crippen LogP contribution in [0.15, 0.2) is 84.2 Å². The Bertz CT molecular complexity index is 1340. The van der Waals surface area contributed by atoms with Crippen LogP contribution in [0, 0.1) is 5.92 Å². The zero-order valence-electron chi connectivity index (χ0n) is 18.2. The van der Waals surface area contributed by atoms with Crippen molar-refractivity contribution in [2.45, 2.75) is 6.42 Å². The SMILES string of the molecule is O=C(COC(=O)[C@@H]1CC(=O)N(c2ccc(Oc3cccc4ccccc34)cc2)C1)c1cccs1. The Morgan fingerprint density at radius 3 is 2.53 bits per heavy atom. The Labute approximate surface area is 200 Å². The average Bonchev–Trinajstić information content (AvgIpc) is 3.54. The predicted molar refractivity (Wildman–Crippen MR) is 131 cm³/mol. The summed E-state index contributed by atoms with van der Waals surface area (Å²) in [6.07, 6.45) is 0.0558. The lowest BCUT2D eigenvalue weighted by atomic mass is 10.1. The maximum absolute atomic E-state index is 12.6. The Hall–Kier alpha value is -3.97. The molecule has 1 amide bonds. The van der Waals surface area contributed by atoms with Crippen LogP contribution >= 0.6 is 11.3 Å². The van der Waals surface area contributed by atoms with E-state index in [-0.39, 0.29) is 31.3 Å². The fourth-order valence-electron chi connectivity index (χ4n) is 3.98. The minimum atomic E-state index is -0.602. The number of ketones is 1. The second-order valence-corrected chi connectivity index (χ2v) is 8.93. The van der Waals surface area contributed by atoms with Gasteiger partial charge in [-0.1, -0.05) is 42.5 Å². The highest BCUT2D eigenvalue weighted by Gasteiger charge is 2.36. The molecule has 6 nitrogen and oxygen atoms in total. The summed E-state index contributed by atoms with van der Waals surface area (Å²) in [5, 5.41) is 3.90. The highest BCUT2D eigenvalue weighted by Crippen LogP contribution is 2.32. The van der Waals surface area contributed by atoms with Crippen LogP contribution in [-0.4, -0.2) is 30.8 Å². The highest BCUT2D eigenvalue weighted by molar-refractivity contribution is 7.12. The molecule has 0 aliphatic carbocycles. The lowest BCUT2D eigenvalue weighted by Gasteiger charge is -2.17. The standard InChI is InChI=1S/C27H21NO5S/c29-23(25-9-4-14-34-25)17-32-27(31)19-15-26(30)28(16-19)20-10-12-21(13-11-20)33-24-8-3-6-18-5-1-2-7-22(18)24/h1-14,19H,15-17H2/t19-/m1/s1. The third kappa shape index (κ3) is 4.56. The van der Waals surface area contributed by atoms with Crippen molar-refractivity contribution in [3.05, 3.63) is 89.1 Å². The van der Waals surface area contributed by atoms with Crippen LogP contribution in [0.5, 0.6) is 11.5 Å². The van der Waals surface area contributed by atoms with Crippen molar-refractivity contribution in [2.75, 3.05) is 18.1 Å². The summed E-state index contributed by atoms with van der Waals surface area (Å²) in [6, 6.07) is 24.5. The largest absolute Gasteiger partial charge is 0.457 e. The summed E-state index contributed by atoms with van der Waals surface area (Å²) >= 11 is 1.30. The van der Waals surface area contributed by atoms with E-state index < -0.39 is 11.9 Å².